The van der Waals surface area contributed by atoms with E-state index in [4.69, 9.17) is 21.7 Å². The molecule has 2 fully saturated rings. The fourth-order valence-corrected chi connectivity index (χ4v) is 6.92. The molecule has 38 heavy (non-hydrogen) atoms. The van der Waals surface area contributed by atoms with Crippen LogP contribution in [0.25, 0.3) is 0 Å². The molecule has 6 atom stereocenters. The SMILES string of the molecule is CCOC(=O)C1(C)CC2C(=O)NC1c1ccccc12.CCOC(=O)C1(C)CC2C(=S)NC1c1ccccc12. The standard InChI is InChI=1S/C15H17NO3.C15H17NO2S/c1-3-19-14(18)15(2)8-11-9-6-4-5-7-10(9)12(15)16-13(11)17;1-3-18-14(17)15(2)8-11-9-6-4-5-7-10(9)12(15)16-13(11)19/h4-7,11-12H,3,8H2,1-2H3,(H,16,17);4-7,11-12H,3,8H2,1-2H3,(H,16,19). The molecule has 4 heterocycles. The van der Waals surface area contributed by atoms with Crippen LogP contribution in [0.2, 0.25) is 0 Å². The maximum Gasteiger partial charge on any atom is 0.314 e. The second-order valence-electron chi connectivity index (χ2n) is 10.9. The molecule has 2 aliphatic carbocycles. The van der Waals surface area contributed by atoms with Gasteiger partial charge >= 0.3 is 11.9 Å². The normalized spacial score (nSPS) is 31.6. The number of piperidine rings is 2. The molecule has 0 spiro atoms. The molecule has 4 bridgehead atoms. The van der Waals surface area contributed by atoms with E-state index in [2.05, 4.69) is 22.8 Å². The van der Waals surface area contributed by atoms with Gasteiger partial charge in [0.15, 0.2) is 0 Å². The minimum atomic E-state index is -0.664. The summed E-state index contributed by atoms with van der Waals surface area (Å²) in [6.45, 7) is 8.29. The number of thiocarbonyl (C=S) groups is 1. The summed E-state index contributed by atoms with van der Waals surface area (Å²) in [5.41, 5.74) is 3.35. The molecule has 2 aromatic rings. The van der Waals surface area contributed by atoms with E-state index >= 15 is 0 Å². The molecule has 2 aromatic carbocycles. The van der Waals surface area contributed by atoms with Crippen molar-refractivity contribution >= 4 is 35.1 Å². The minimum Gasteiger partial charge on any atom is -0.466 e. The van der Waals surface area contributed by atoms with Gasteiger partial charge in [-0.25, -0.2) is 0 Å². The number of hydrogen-bond donors (Lipinski definition) is 2. The van der Waals surface area contributed by atoms with E-state index < -0.39 is 10.8 Å². The highest BCUT2D eigenvalue weighted by Gasteiger charge is 2.56. The Morgan fingerprint density at radius 2 is 1.21 bits per heavy atom. The molecular weight excluding hydrogens is 500 g/mol. The van der Waals surface area contributed by atoms with Crippen molar-refractivity contribution in [3.63, 3.8) is 0 Å². The smallest absolute Gasteiger partial charge is 0.314 e. The average molecular weight is 535 g/mol. The molecule has 0 aromatic heterocycles. The van der Waals surface area contributed by atoms with Gasteiger partial charge in [-0.3, -0.25) is 14.4 Å². The number of esters is 2. The Kier molecular flexibility index (Phi) is 6.80. The number of fused-ring (bicyclic) bond motifs is 4. The summed E-state index contributed by atoms with van der Waals surface area (Å²) in [5.74, 6) is -0.444. The molecule has 7 nitrogen and oxygen atoms in total. The van der Waals surface area contributed by atoms with Crippen molar-refractivity contribution in [1.29, 1.82) is 0 Å². The summed E-state index contributed by atoms with van der Waals surface area (Å²) in [6, 6.07) is 15.7. The van der Waals surface area contributed by atoms with Gasteiger partial charge in [-0.2, -0.15) is 0 Å². The van der Waals surface area contributed by atoms with E-state index in [-0.39, 0.29) is 41.8 Å². The van der Waals surface area contributed by atoms with Crippen LogP contribution in [0.1, 0.15) is 86.7 Å². The Morgan fingerprint density at radius 3 is 1.71 bits per heavy atom. The van der Waals surface area contributed by atoms with Crippen molar-refractivity contribution in [3.8, 4) is 0 Å². The predicted octanol–water partition coefficient (Wildman–Crippen LogP) is 4.63. The number of amides is 1. The number of carbonyl (C=O) groups is 3. The summed E-state index contributed by atoms with van der Waals surface area (Å²) in [6.07, 6.45) is 1.26. The van der Waals surface area contributed by atoms with Crippen LogP contribution in [0.3, 0.4) is 0 Å². The molecule has 0 radical (unpaired) electrons. The molecular formula is C30H34N2O5S. The lowest BCUT2D eigenvalue weighted by molar-refractivity contribution is -0.161. The first-order chi connectivity index (χ1) is 18.2. The monoisotopic (exact) mass is 534 g/mol. The van der Waals surface area contributed by atoms with E-state index in [0.29, 0.717) is 19.6 Å². The van der Waals surface area contributed by atoms with Gasteiger partial charge in [0.25, 0.3) is 0 Å². The van der Waals surface area contributed by atoms with Gasteiger partial charge in [0.2, 0.25) is 5.91 Å². The molecule has 8 rings (SSSR count). The van der Waals surface area contributed by atoms with Gasteiger partial charge in [0, 0.05) is 5.92 Å². The third-order valence-electron chi connectivity index (χ3n) is 8.59. The van der Waals surface area contributed by atoms with Crippen molar-refractivity contribution in [2.45, 2.75) is 64.5 Å². The maximum absolute atomic E-state index is 12.3. The van der Waals surface area contributed by atoms with Gasteiger partial charge in [-0.05, 0) is 62.8 Å². The van der Waals surface area contributed by atoms with Gasteiger partial charge in [-0.15, -0.1) is 0 Å². The Bertz CT molecular complexity index is 1210. The molecule has 6 aliphatic rings. The predicted molar refractivity (Wildman–Crippen MR) is 146 cm³/mol. The second-order valence-corrected chi connectivity index (χ2v) is 11.4. The Hall–Kier alpha value is -3.26. The van der Waals surface area contributed by atoms with Gasteiger partial charge in [0.1, 0.15) is 0 Å². The lowest BCUT2D eigenvalue weighted by Gasteiger charge is -2.50. The maximum atomic E-state index is 12.3. The third-order valence-corrected chi connectivity index (χ3v) is 8.99. The Balaban J connectivity index is 0.000000155. The summed E-state index contributed by atoms with van der Waals surface area (Å²) >= 11 is 5.42. The van der Waals surface area contributed by atoms with Crippen molar-refractivity contribution in [1.82, 2.24) is 10.6 Å². The number of nitrogens with one attached hydrogen (secondary N) is 2. The molecule has 0 saturated carbocycles. The quantitative estimate of drug-likeness (QED) is 0.436. The van der Waals surface area contributed by atoms with Gasteiger partial charge in [0.05, 0.1) is 47.0 Å². The zero-order chi connectivity index (χ0) is 27.2. The van der Waals surface area contributed by atoms with Crippen molar-refractivity contribution in [3.05, 3.63) is 70.8 Å². The second kappa shape index (κ2) is 9.80. The molecule has 8 heteroatoms. The largest absolute Gasteiger partial charge is 0.466 e. The third kappa shape index (κ3) is 4.01. The van der Waals surface area contributed by atoms with E-state index in [1.807, 2.05) is 57.2 Å². The van der Waals surface area contributed by atoms with Crippen LogP contribution in [0.4, 0.5) is 0 Å². The molecule has 200 valence electrons. The summed E-state index contributed by atoms with van der Waals surface area (Å²) in [4.78, 5) is 37.4. The zero-order valence-corrected chi connectivity index (χ0v) is 23.0. The highest BCUT2D eigenvalue weighted by molar-refractivity contribution is 7.80. The lowest BCUT2D eigenvalue weighted by atomic mass is 9.61. The number of ether oxygens (including phenoxy) is 2. The van der Waals surface area contributed by atoms with Crippen LogP contribution in [0, 0.1) is 10.8 Å². The van der Waals surface area contributed by atoms with Gasteiger partial charge < -0.3 is 20.1 Å². The molecule has 2 N–H and O–H groups in total. The van der Waals surface area contributed by atoms with Crippen LogP contribution in [0.5, 0.6) is 0 Å². The molecule has 4 aliphatic heterocycles. The van der Waals surface area contributed by atoms with E-state index in [0.717, 1.165) is 22.5 Å². The van der Waals surface area contributed by atoms with E-state index in [1.165, 1.54) is 11.1 Å². The first-order valence-corrected chi connectivity index (χ1v) is 13.7. The van der Waals surface area contributed by atoms with Crippen LogP contribution in [0.15, 0.2) is 48.5 Å². The number of rotatable bonds is 4. The lowest BCUT2D eigenvalue weighted by Crippen LogP contribution is -2.56. The Morgan fingerprint density at radius 1 is 0.789 bits per heavy atom. The fourth-order valence-electron chi connectivity index (χ4n) is 6.59. The first kappa shape index (κ1) is 26.4. The van der Waals surface area contributed by atoms with Crippen LogP contribution in [-0.4, -0.2) is 36.0 Å². The van der Waals surface area contributed by atoms with Crippen LogP contribution < -0.4 is 10.6 Å². The minimum absolute atomic E-state index is 0.0190. The number of hydrogen-bond acceptors (Lipinski definition) is 6. The summed E-state index contributed by atoms with van der Waals surface area (Å²) in [5, 5.41) is 6.29. The molecule has 1 amide bonds. The highest BCUT2D eigenvalue weighted by atomic mass is 32.1. The van der Waals surface area contributed by atoms with Crippen molar-refractivity contribution in [2.75, 3.05) is 13.2 Å². The topological polar surface area (TPSA) is 93.7 Å². The highest BCUT2D eigenvalue weighted by Crippen LogP contribution is 2.54. The average Bonchev–Trinajstić information content (AvgIpc) is 2.91. The van der Waals surface area contributed by atoms with E-state index in [9.17, 15) is 14.4 Å². The Labute approximate surface area is 228 Å². The fraction of sp³-hybridized carbons (Fsp3) is 0.467. The molecule has 2 saturated heterocycles. The summed E-state index contributed by atoms with van der Waals surface area (Å²) in [7, 11) is 0. The first-order valence-electron chi connectivity index (χ1n) is 13.3. The van der Waals surface area contributed by atoms with Crippen LogP contribution in [-0.2, 0) is 23.9 Å². The zero-order valence-electron chi connectivity index (χ0n) is 22.2. The van der Waals surface area contributed by atoms with E-state index in [1.54, 1.807) is 6.92 Å². The van der Waals surface area contributed by atoms with Gasteiger partial charge in [-0.1, -0.05) is 60.7 Å². The van der Waals surface area contributed by atoms with Crippen LogP contribution >= 0.6 is 12.2 Å². The number of carbonyl (C=O) groups excluding carboxylic acids is 3. The molecule has 6 unspecified atom stereocenters. The van der Waals surface area contributed by atoms with Crippen molar-refractivity contribution < 1.29 is 23.9 Å². The summed E-state index contributed by atoms with van der Waals surface area (Å²) < 4.78 is 10.5. The number of benzene rings is 2. The van der Waals surface area contributed by atoms with Crippen molar-refractivity contribution in [2.24, 2.45) is 10.8 Å².